The van der Waals surface area contributed by atoms with Crippen LogP contribution in [0.2, 0.25) is 0 Å². The van der Waals surface area contributed by atoms with Crippen molar-refractivity contribution in [1.82, 2.24) is 10.4 Å². The van der Waals surface area contributed by atoms with Crippen LogP contribution in [-0.2, 0) is 0 Å². The molecule has 0 saturated heterocycles. The van der Waals surface area contributed by atoms with E-state index in [1.54, 1.807) is 5.01 Å². The second-order valence-electron chi connectivity index (χ2n) is 1.54. The van der Waals surface area contributed by atoms with Crippen molar-refractivity contribution in [3.05, 3.63) is 18.0 Å². The van der Waals surface area contributed by atoms with E-state index >= 15 is 0 Å². The zero-order valence-corrected chi connectivity index (χ0v) is 6.50. The summed E-state index contributed by atoms with van der Waals surface area (Å²) in [6.45, 7) is 3.47. The lowest BCUT2D eigenvalue weighted by Gasteiger charge is -2.16. The summed E-state index contributed by atoms with van der Waals surface area (Å²) < 4.78 is 0. The Kier molecular flexibility index (Phi) is 4.24. The molecule has 0 bridgehead atoms. The van der Waals surface area contributed by atoms with Gasteiger partial charge in [-0.15, -0.1) is 17.3 Å². The van der Waals surface area contributed by atoms with Crippen LogP contribution in [0.1, 0.15) is 0 Å². The van der Waals surface area contributed by atoms with Crippen molar-refractivity contribution in [2.24, 2.45) is 0 Å². The Labute approximate surface area is 60.8 Å². The molecular formula is C6H11ClN2. The molecule has 3 heteroatoms. The average Bonchev–Trinajstić information content (AvgIpc) is 1.90. The van der Waals surface area contributed by atoms with Crippen LogP contribution in [0.25, 0.3) is 0 Å². The van der Waals surface area contributed by atoms with Gasteiger partial charge in [0.05, 0.1) is 11.6 Å². The van der Waals surface area contributed by atoms with Gasteiger partial charge < -0.3 is 5.01 Å². The smallest absolute Gasteiger partial charge is 0.0849 e. The van der Waals surface area contributed by atoms with Crippen molar-refractivity contribution in [2.45, 2.75) is 0 Å². The summed E-state index contributed by atoms with van der Waals surface area (Å²) >= 11 is 5.52. The minimum atomic E-state index is 0.431. The van der Waals surface area contributed by atoms with Crippen molar-refractivity contribution in [3.63, 3.8) is 0 Å². The Hall–Kier alpha value is -0.430. The molecule has 0 aromatic rings. The molecule has 2 nitrogen and oxygen atoms in total. The highest BCUT2D eigenvalue weighted by Crippen LogP contribution is 1.96. The Balaban J connectivity index is 3.96. The molecule has 9 heavy (non-hydrogen) atoms. The van der Waals surface area contributed by atoms with E-state index in [2.05, 4.69) is 17.7 Å². The first-order chi connectivity index (χ1) is 4.26. The van der Waals surface area contributed by atoms with Crippen LogP contribution < -0.4 is 5.43 Å². The average molecular weight is 147 g/mol. The van der Waals surface area contributed by atoms with Gasteiger partial charge in [-0.3, -0.25) is 0 Å². The van der Waals surface area contributed by atoms with Crippen LogP contribution in [0.3, 0.4) is 0 Å². The highest BCUT2D eigenvalue weighted by Gasteiger charge is 1.96. The van der Waals surface area contributed by atoms with E-state index in [1.807, 2.05) is 14.1 Å². The standard InChI is InChI=1S/C6H11ClN2/c1-4-6(5-7)9(3)8-2/h8H,1,5H2,2-3H3. The maximum absolute atomic E-state index is 5.52. The van der Waals surface area contributed by atoms with Gasteiger partial charge in [0.25, 0.3) is 0 Å². The van der Waals surface area contributed by atoms with Gasteiger partial charge in [-0.1, -0.05) is 6.58 Å². The normalized spacial score (nSPS) is 8.33. The summed E-state index contributed by atoms with van der Waals surface area (Å²) in [6.07, 6.45) is 0. The SMILES string of the molecule is C=C=C(CCl)N(C)NC. The lowest BCUT2D eigenvalue weighted by Crippen LogP contribution is -2.30. The number of rotatable bonds is 3. The Bertz CT molecular complexity index is 127. The summed E-state index contributed by atoms with van der Waals surface area (Å²) in [5.41, 5.74) is 6.42. The third-order valence-corrected chi connectivity index (χ3v) is 1.32. The summed E-state index contributed by atoms with van der Waals surface area (Å²) in [7, 11) is 3.67. The molecule has 1 N–H and O–H groups in total. The first kappa shape index (κ1) is 8.57. The van der Waals surface area contributed by atoms with Gasteiger partial charge in [-0.2, -0.15) is 0 Å². The van der Waals surface area contributed by atoms with Gasteiger partial charge in [-0.25, -0.2) is 5.43 Å². The molecule has 0 unspecified atom stereocenters. The Morgan fingerprint density at radius 2 is 2.44 bits per heavy atom. The number of hydrogen-bond acceptors (Lipinski definition) is 2. The van der Waals surface area contributed by atoms with E-state index in [0.717, 1.165) is 5.70 Å². The highest BCUT2D eigenvalue weighted by atomic mass is 35.5. The van der Waals surface area contributed by atoms with Crippen molar-refractivity contribution in [2.75, 3.05) is 20.0 Å². The molecular weight excluding hydrogens is 136 g/mol. The quantitative estimate of drug-likeness (QED) is 0.363. The monoisotopic (exact) mass is 146 g/mol. The van der Waals surface area contributed by atoms with E-state index in [-0.39, 0.29) is 0 Å². The fourth-order valence-electron chi connectivity index (χ4n) is 0.390. The molecule has 0 fully saturated rings. The first-order valence-electron chi connectivity index (χ1n) is 2.62. The summed E-state index contributed by atoms with van der Waals surface area (Å²) in [5.74, 6) is 0.431. The molecule has 0 amide bonds. The van der Waals surface area contributed by atoms with E-state index in [4.69, 9.17) is 11.6 Å². The zero-order chi connectivity index (χ0) is 7.28. The molecule has 0 saturated carbocycles. The molecule has 0 aliphatic rings. The third-order valence-electron chi connectivity index (χ3n) is 1.07. The Morgan fingerprint density at radius 1 is 1.89 bits per heavy atom. The van der Waals surface area contributed by atoms with Crippen LogP contribution in [0, 0.1) is 0 Å². The van der Waals surface area contributed by atoms with Crippen LogP contribution in [0.15, 0.2) is 18.0 Å². The molecule has 0 spiro atoms. The molecule has 0 aromatic carbocycles. The minimum absolute atomic E-state index is 0.431. The number of nitrogens with zero attached hydrogens (tertiary/aromatic N) is 1. The maximum atomic E-state index is 5.52. The predicted molar refractivity (Wildman–Crippen MR) is 40.2 cm³/mol. The van der Waals surface area contributed by atoms with Gasteiger partial charge in [0.15, 0.2) is 0 Å². The maximum Gasteiger partial charge on any atom is 0.0849 e. The summed E-state index contributed by atoms with van der Waals surface area (Å²) in [6, 6.07) is 0. The molecule has 0 aliphatic carbocycles. The second kappa shape index (κ2) is 4.45. The fraction of sp³-hybridized carbons (Fsp3) is 0.500. The number of halogens is 1. The van der Waals surface area contributed by atoms with Crippen molar-refractivity contribution in [3.8, 4) is 0 Å². The summed E-state index contributed by atoms with van der Waals surface area (Å²) in [5, 5.41) is 1.76. The summed E-state index contributed by atoms with van der Waals surface area (Å²) in [4.78, 5) is 0. The molecule has 0 aliphatic heterocycles. The third kappa shape index (κ3) is 2.56. The minimum Gasteiger partial charge on any atom is -0.307 e. The lowest BCUT2D eigenvalue weighted by atomic mass is 10.5. The molecule has 52 valence electrons. The van der Waals surface area contributed by atoms with Crippen LogP contribution in [0.4, 0.5) is 0 Å². The molecule has 0 heterocycles. The number of alkyl halides is 1. The second-order valence-corrected chi connectivity index (χ2v) is 1.81. The van der Waals surface area contributed by atoms with Crippen LogP contribution in [-0.4, -0.2) is 25.0 Å². The van der Waals surface area contributed by atoms with E-state index in [0.29, 0.717) is 5.88 Å². The van der Waals surface area contributed by atoms with Crippen molar-refractivity contribution >= 4 is 11.6 Å². The molecule has 0 atom stereocenters. The molecule has 0 radical (unpaired) electrons. The lowest BCUT2D eigenvalue weighted by molar-refractivity contribution is 0.335. The number of allylic oxidation sites excluding steroid dienone is 1. The number of hydrazine groups is 1. The van der Waals surface area contributed by atoms with E-state index in [1.165, 1.54) is 0 Å². The highest BCUT2D eigenvalue weighted by molar-refractivity contribution is 6.19. The van der Waals surface area contributed by atoms with Gasteiger partial charge >= 0.3 is 0 Å². The predicted octanol–water partition coefficient (Wildman–Crippen LogP) is 0.960. The Morgan fingerprint density at radius 3 is 2.56 bits per heavy atom. The topological polar surface area (TPSA) is 15.3 Å². The van der Waals surface area contributed by atoms with E-state index in [9.17, 15) is 0 Å². The first-order valence-corrected chi connectivity index (χ1v) is 3.15. The largest absolute Gasteiger partial charge is 0.307 e. The van der Waals surface area contributed by atoms with Crippen molar-refractivity contribution in [1.29, 1.82) is 0 Å². The van der Waals surface area contributed by atoms with Crippen LogP contribution >= 0.6 is 11.6 Å². The van der Waals surface area contributed by atoms with Gasteiger partial charge in [0.2, 0.25) is 0 Å². The molecule has 0 rings (SSSR count). The van der Waals surface area contributed by atoms with Crippen LogP contribution in [0.5, 0.6) is 0 Å². The fourth-order valence-corrected chi connectivity index (χ4v) is 0.664. The van der Waals surface area contributed by atoms with Gasteiger partial charge in [0.1, 0.15) is 0 Å². The van der Waals surface area contributed by atoms with Crippen molar-refractivity contribution < 1.29 is 0 Å². The van der Waals surface area contributed by atoms with Gasteiger partial charge in [-0.05, 0) is 0 Å². The number of nitrogens with one attached hydrogen (secondary N) is 1. The molecule has 0 aromatic heterocycles. The van der Waals surface area contributed by atoms with E-state index < -0.39 is 0 Å². The number of hydrogen-bond donors (Lipinski definition) is 1. The van der Waals surface area contributed by atoms with Gasteiger partial charge in [0, 0.05) is 14.1 Å². The zero-order valence-electron chi connectivity index (χ0n) is 5.74.